The predicted molar refractivity (Wildman–Crippen MR) is 50.3 cm³/mol. The molecule has 0 saturated heterocycles. The summed E-state index contributed by atoms with van der Waals surface area (Å²) in [6.07, 6.45) is 4.17. The first-order valence-electron chi connectivity index (χ1n) is 4.39. The van der Waals surface area contributed by atoms with Crippen molar-refractivity contribution in [2.24, 2.45) is 0 Å². The average molecular weight is 162 g/mol. The summed E-state index contributed by atoms with van der Waals surface area (Å²) in [4.78, 5) is 4.30. The van der Waals surface area contributed by atoms with E-state index in [-0.39, 0.29) is 5.54 Å². The summed E-state index contributed by atoms with van der Waals surface area (Å²) in [6.45, 7) is 4.43. The normalized spacial score (nSPS) is 19.5. The second-order valence-corrected chi connectivity index (χ2v) is 4.02. The summed E-state index contributed by atoms with van der Waals surface area (Å²) < 4.78 is 0. The van der Waals surface area contributed by atoms with Gasteiger partial charge in [-0.05, 0) is 38.3 Å². The summed E-state index contributed by atoms with van der Waals surface area (Å²) in [5, 5.41) is 3.43. The lowest BCUT2D eigenvalue weighted by Gasteiger charge is -2.32. The summed E-state index contributed by atoms with van der Waals surface area (Å²) in [5.41, 5.74) is 1.55. The fourth-order valence-corrected chi connectivity index (χ4v) is 1.58. The standard InChI is InChI=1S/C10H14N2/c1-10(2)6-5-8-4-3-7-11-9(8)12-10/h3-4,7H,5-6H2,1-2H3,(H,11,12). The van der Waals surface area contributed by atoms with E-state index in [9.17, 15) is 0 Å². The van der Waals surface area contributed by atoms with E-state index in [0.29, 0.717) is 0 Å². The fourth-order valence-electron chi connectivity index (χ4n) is 1.58. The van der Waals surface area contributed by atoms with Gasteiger partial charge in [0.25, 0.3) is 0 Å². The third-order valence-electron chi connectivity index (χ3n) is 2.37. The van der Waals surface area contributed by atoms with E-state index in [1.54, 1.807) is 0 Å². The number of aromatic nitrogens is 1. The molecule has 0 bridgehead atoms. The lowest BCUT2D eigenvalue weighted by Crippen LogP contribution is -2.35. The zero-order valence-electron chi connectivity index (χ0n) is 7.59. The topological polar surface area (TPSA) is 24.9 Å². The number of rotatable bonds is 0. The van der Waals surface area contributed by atoms with Crippen LogP contribution in [0.1, 0.15) is 25.8 Å². The van der Waals surface area contributed by atoms with Crippen LogP contribution in [0.25, 0.3) is 0 Å². The molecule has 0 unspecified atom stereocenters. The van der Waals surface area contributed by atoms with Crippen molar-refractivity contribution in [1.82, 2.24) is 4.98 Å². The molecule has 64 valence electrons. The van der Waals surface area contributed by atoms with Gasteiger partial charge in [0, 0.05) is 11.7 Å². The number of anilines is 1. The van der Waals surface area contributed by atoms with Crippen molar-refractivity contribution in [3.8, 4) is 0 Å². The largest absolute Gasteiger partial charge is 0.365 e. The Labute approximate surface area is 73.0 Å². The van der Waals surface area contributed by atoms with Gasteiger partial charge < -0.3 is 5.32 Å². The van der Waals surface area contributed by atoms with Crippen LogP contribution in [0.15, 0.2) is 18.3 Å². The highest BCUT2D eigenvalue weighted by atomic mass is 15.1. The van der Waals surface area contributed by atoms with E-state index < -0.39 is 0 Å². The smallest absolute Gasteiger partial charge is 0.129 e. The van der Waals surface area contributed by atoms with E-state index in [1.165, 1.54) is 12.0 Å². The summed E-state index contributed by atoms with van der Waals surface area (Å²) in [5.74, 6) is 1.06. The second-order valence-electron chi connectivity index (χ2n) is 4.02. The number of hydrogen-bond donors (Lipinski definition) is 1. The molecular formula is C10H14N2. The first-order chi connectivity index (χ1) is 5.67. The van der Waals surface area contributed by atoms with Gasteiger partial charge in [0.1, 0.15) is 5.82 Å². The third kappa shape index (κ3) is 1.29. The van der Waals surface area contributed by atoms with Crippen LogP contribution in [-0.2, 0) is 6.42 Å². The van der Waals surface area contributed by atoms with Gasteiger partial charge in [-0.25, -0.2) is 4.98 Å². The Kier molecular flexibility index (Phi) is 1.56. The molecule has 12 heavy (non-hydrogen) atoms. The monoisotopic (exact) mass is 162 g/mol. The van der Waals surface area contributed by atoms with Gasteiger partial charge in [-0.3, -0.25) is 0 Å². The molecule has 0 fully saturated rings. The Bertz CT molecular complexity index is 292. The van der Waals surface area contributed by atoms with Crippen molar-refractivity contribution in [2.45, 2.75) is 32.2 Å². The molecule has 0 radical (unpaired) electrons. The number of fused-ring (bicyclic) bond motifs is 1. The first-order valence-corrected chi connectivity index (χ1v) is 4.39. The van der Waals surface area contributed by atoms with Crippen molar-refractivity contribution in [2.75, 3.05) is 5.32 Å². The molecule has 1 aromatic rings. The van der Waals surface area contributed by atoms with Gasteiger partial charge in [-0.2, -0.15) is 0 Å². The molecule has 0 aromatic carbocycles. The minimum atomic E-state index is 0.210. The SMILES string of the molecule is CC1(C)CCc2cccnc2N1. The number of hydrogen-bond acceptors (Lipinski definition) is 2. The van der Waals surface area contributed by atoms with Crippen LogP contribution in [0.2, 0.25) is 0 Å². The molecule has 1 N–H and O–H groups in total. The van der Waals surface area contributed by atoms with Gasteiger partial charge >= 0.3 is 0 Å². The van der Waals surface area contributed by atoms with Crippen LogP contribution >= 0.6 is 0 Å². The third-order valence-corrected chi connectivity index (χ3v) is 2.37. The van der Waals surface area contributed by atoms with Crippen molar-refractivity contribution in [1.29, 1.82) is 0 Å². The first kappa shape index (κ1) is 7.59. The maximum atomic E-state index is 4.30. The molecule has 0 saturated carbocycles. The zero-order chi connectivity index (χ0) is 8.60. The zero-order valence-corrected chi connectivity index (χ0v) is 7.59. The summed E-state index contributed by atoms with van der Waals surface area (Å²) in [6, 6.07) is 4.14. The summed E-state index contributed by atoms with van der Waals surface area (Å²) >= 11 is 0. The van der Waals surface area contributed by atoms with E-state index in [4.69, 9.17) is 0 Å². The number of aryl methyl sites for hydroxylation is 1. The maximum Gasteiger partial charge on any atom is 0.129 e. The van der Waals surface area contributed by atoms with Crippen molar-refractivity contribution < 1.29 is 0 Å². The van der Waals surface area contributed by atoms with Gasteiger partial charge in [-0.1, -0.05) is 6.07 Å². The molecule has 1 aromatic heterocycles. The Morgan fingerprint density at radius 3 is 3.17 bits per heavy atom. The van der Waals surface area contributed by atoms with Crippen LogP contribution in [0.5, 0.6) is 0 Å². The fraction of sp³-hybridized carbons (Fsp3) is 0.500. The molecule has 0 spiro atoms. The molecule has 1 aliphatic rings. The van der Waals surface area contributed by atoms with Gasteiger partial charge in [0.05, 0.1) is 0 Å². The van der Waals surface area contributed by atoms with Crippen LogP contribution < -0.4 is 5.32 Å². The van der Waals surface area contributed by atoms with Crippen LogP contribution in [0.3, 0.4) is 0 Å². The Hall–Kier alpha value is -1.05. The van der Waals surface area contributed by atoms with Crippen molar-refractivity contribution >= 4 is 5.82 Å². The highest BCUT2D eigenvalue weighted by Crippen LogP contribution is 2.27. The second kappa shape index (κ2) is 2.47. The average Bonchev–Trinajstić information content (AvgIpc) is 2.02. The Morgan fingerprint density at radius 1 is 1.50 bits per heavy atom. The molecule has 2 nitrogen and oxygen atoms in total. The summed E-state index contributed by atoms with van der Waals surface area (Å²) in [7, 11) is 0. The lowest BCUT2D eigenvalue weighted by molar-refractivity contribution is 0.498. The van der Waals surface area contributed by atoms with E-state index in [0.717, 1.165) is 12.2 Å². The number of pyridine rings is 1. The molecular weight excluding hydrogens is 148 g/mol. The predicted octanol–water partition coefficient (Wildman–Crippen LogP) is 2.22. The molecule has 2 heteroatoms. The molecule has 0 amide bonds. The van der Waals surface area contributed by atoms with E-state index >= 15 is 0 Å². The molecule has 2 heterocycles. The minimum Gasteiger partial charge on any atom is -0.365 e. The molecule has 0 aliphatic carbocycles. The number of nitrogens with one attached hydrogen (secondary N) is 1. The van der Waals surface area contributed by atoms with E-state index in [1.807, 2.05) is 12.3 Å². The van der Waals surface area contributed by atoms with Gasteiger partial charge in [0.2, 0.25) is 0 Å². The van der Waals surface area contributed by atoms with Crippen molar-refractivity contribution in [3.63, 3.8) is 0 Å². The maximum absolute atomic E-state index is 4.30. The highest BCUT2D eigenvalue weighted by Gasteiger charge is 2.24. The lowest BCUT2D eigenvalue weighted by atomic mass is 9.91. The number of nitrogens with zero attached hydrogens (tertiary/aromatic N) is 1. The van der Waals surface area contributed by atoms with Crippen molar-refractivity contribution in [3.05, 3.63) is 23.9 Å². The van der Waals surface area contributed by atoms with Gasteiger partial charge in [-0.15, -0.1) is 0 Å². The molecule has 1 aliphatic heterocycles. The quantitative estimate of drug-likeness (QED) is 0.632. The van der Waals surface area contributed by atoms with Gasteiger partial charge in [0.15, 0.2) is 0 Å². The molecule has 0 atom stereocenters. The minimum absolute atomic E-state index is 0.210. The Balaban J connectivity index is 2.35. The Morgan fingerprint density at radius 2 is 2.33 bits per heavy atom. The van der Waals surface area contributed by atoms with Crippen LogP contribution in [-0.4, -0.2) is 10.5 Å². The highest BCUT2D eigenvalue weighted by molar-refractivity contribution is 5.48. The van der Waals surface area contributed by atoms with Crippen LogP contribution in [0, 0.1) is 0 Å². The van der Waals surface area contributed by atoms with E-state index in [2.05, 4.69) is 30.2 Å². The van der Waals surface area contributed by atoms with Crippen LogP contribution in [0.4, 0.5) is 5.82 Å². The molecule has 2 rings (SSSR count).